The SMILES string of the molecule is OCCOCCS.[NaH]. The minimum absolute atomic E-state index is 0. The van der Waals surface area contributed by atoms with E-state index in [2.05, 4.69) is 12.6 Å². The predicted octanol–water partition coefficient (Wildman–Crippen LogP) is -0.723. The fourth-order valence-corrected chi connectivity index (χ4v) is 0.360. The Bertz CT molecular complexity index is 33.2. The van der Waals surface area contributed by atoms with Crippen molar-refractivity contribution in [2.24, 2.45) is 0 Å². The van der Waals surface area contributed by atoms with Crippen molar-refractivity contribution in [3.8, 4) is 0 Å². The number of rotatable bonds is 4. The van der Waals surface area contributed by atoms with E-state index in [1.54, 1.807) is 0 Å². The molecule has 0 fully saturated rings. The first kappa shape index (κ1) is 12.0. The van der Waals surface area contributed by atoms with Crippen molar-refractivity contribution in [2.45, 2.75) is 0 Å². The second-order valence-corrected chi connectivity index (χ2v) is 1.51. The van der Waals surface area contributed by atoms with Crippen molar-refractivity contribution < 1.29 is 9.84 Å². The number of aliphatic hydroxyl groups is 1. The molecule has 0 amide bonds. The zero-order valence-electron chi connectivity index (χ0n) is 4.13. The summed E-state index contributed by atoms with van der Waals surface area (Å²) in [7, 11) is 0. The van der Waals surface area contributed by atoms with Gasteiger partial charge >= 0.3 is 29.6 Å². The average molecular weight is 146 g/mol. The van der Waals surface area contributed by atoms with Gasteiger partial charge in [0.05, 0.1) is 19.8 Å². The van der Waals surface area contributed by atoms with Gasteiger partial charge in [-0.15, -0.1) is 0 Å². The van der Waals surface area contributed by atoms with Crippen LogP contribution < -0.4 is 0 Å². The third-order valence-electron chi connectivity index (χ3n) is 0.471. The maximum atomic E-state index is 8.14. The monoisotopic (exact) mass is 146 g/mol. The summed E-state index contributed by atoms with van der Waals surface area (Å²) in [6.07, 6.45) is 0. The Morgan fingerprint density at radius 2 is 2.00 bits per heavy atom. The van der Waals surface area contributed by atoms with E-state index in [4.69, 9.17) is 9.84 Å². The Morgan fingerprint density at radius 3 is 2.38 bits per heavy atom. The van der Waals surface area contributed by atoms with Gasteiger partial charge in [0.15, 0.2) is 0 Å². The number of hydrogen-bond donors (Lipinski definition) is 2. The molecule has 46 valence electrons. The normalized spacial score (nSPS) is 8.25. The van der Waals surface area contributed by atoms with Gasteiger partial charge < -0.3 is 9.84 Å². The van der Waals surface area contributed by atoms with E-state index in [0.29, 0.717) is 13.2 Å². The Labute approximate surface area is 77.3 Å². The van der Waals surface area contributed by atoms with Crippen molar-refractivity contribution >= 4 is 42.2 Å². The van der Waals surface area contributed by atoms with E-state index in [9.17, 15) is 0 Å². The summed E-state index contributed by atoms with van der Waals surface area (Å²) in [4.78, 5) is 0. The molecule has 0 aliphatic rings. The quantitative estimate of drug-likeness (QED) is 0.311. The molecule has 0 saturated carbocycles. The number of hydrogen-bond acceptors (Lipinski definition) is 3. The first-order valence-corrected chi connectivity index (χ1v) is 2.84. The zero-order valence-corrected chi connectivity index (χ0v) is 5.03. The van der Waals surface area contributed by atoms with E-state index in [1.807, 2.05) is 0 Å². The molecule has 0 radical (unpaired) electrons. The van der Waals surface area contributed by atoms with Gasteiger partial charge in [-0.2, -0.15) is 12.6 Å². The molecule has 0 aliphatic heterocycles. The van der Waals surface area contributed by atoms with Crippen molar-refractivity contribution in [2.75, 3.05) is 25.6 Å². The van der Waals surface area contributed by atoms with Crippen LogP contribution in [0.2, 0.25) is 0 Å². The molecule has 0 aliphatic carbocycles. The molecule has 4 heteroatoms. The predicted molar refractivity (Wildman–Crippen MR) is 38.9 cm³/mol. The fraction of sp³-hybridized carbons (Fsp3) is 1.00. The van der Waals surface area contributed by atoms with Crippen LogP contribution in [0.15, 0.2) is 0 Å². The zero-order chi connectivity index (χ0) is 5.54. The molecule has 0 aromatic heterocycles. The summed E-state index contributed by atoms with van der Waals surface area (Å²) in [5, 5.41) is 8.14. The molecule has 0 aromatic rings. The standard InChI is InChI=1S/C4H10O2S.Na.H/c5-1-2-6-3-4-7;;/h5,7H,1-4H2;;. The summed E-state index contributed by atoms with van der Waals surface area (Å²) >= 11 is 3.89. The number of ether oxygens (including phenoxy) is 1. The van der Waals surface area contributed by atoms with Gasteiger partial charge in [-0.05, 0) is 0 Å². The van der Waals surface area contributed by atoms with Crippen LogP contribution in [-0.4, -0.2) is 60.2 Å². The third kappa shape index (κ3) is 10.3. The molecule has 0 spiro atoms. The van der Waals surface area contributed by atoms with Crippen molar-refractivity contribution in [1.29, 1.82) is 0 Å². The minimum atomic E-state index is 0. The van der Waals surface area contributed by atoms with Crippen LogP contribution in [-0.2, 0) is 4.74 Å². The molecule has 0 rings (SSSR count). The molecule has 0 unspecified atom stereocenters. The van der Waals surface area contributed by atoms with E-state index in [0.717, 1.165) is 5.75 Å². The second-order valence-electron chi connectivity index (χ2n) is 1.06. The average Bonchev–Trinajstić information content (AvgIpc) is 1.69. The van der Waals surface area contributed by atoms with E-state index >= 15 is 0 Å². The molecule has 2 nitrogen and oxygen atoms in total. The van der Waals surface area contributed by atoms with Crippen LogP contribution in [0.4, 0.5) is 0 Å². The van der Waals surface area contributed by atoms with Crippen LogP contribution in [0.5, 0.6) is 0 Å². The first-order valence-electron chi connectivity index (χ1n) is 2.21. The van der Waals surface area contributed by atoms with E-state index in [1.165, 1.54) is 0 Å². The van der Waals surface area contributed by atoms with Crippen molar-refractivity contribution in [3.63, 3.8) is 0 Å². The van der Waals surface area contributed by atoms with Crippen molar-refractivity contribution in [3.05, 3.63) is 0 Å². The van der Waals surface area contributed by atoms with Gasteiger partial charge in [-0.3, -0.25) is 0 Å². The topological polar surface area (TPSA) is 29.5 Å². The molecule has 0 aromatic carbocycles. The summed E-state index contributed by atoms with van der Waals surface area (Å²) in [5.74, 6) is 0.722. The fourth-order valence-electron chi connectivity index (χ4n) is 0.231. The number of aliphatic hydroxyl groups excluding tert-OH is 1. The van der Waals surface area contributed by atoms with Crippen LogP contribution >= 0.6 is 12.6 Å². The van der Waals surface area contributed by atoms with Crippen LogP contribution in [0.3, 0.4) is 0 Å². The Morgan fingerprint density at radius 1 is 1.38 bits per heavy atom. The summed E-state index contributed by atoms with van der Waals surface area (Å²) in [6.45, 7) is 1.16. The molecule has 0 bridgehead atoms. The van der Waals surface area contributed by atoms with Crippen LogP contribution in [0.1, 0.15) is 0 Å². The van der Waals surface area contributed by atoms with E-state index < -0.39 is 0 Å². The molecule has 0 saturated heterocycles. The Hall–Kier alpha value is 1.27. The molecular formula is C4H11NaO2S. The van der Waals surface area contributed by atoms with Gasteiger partial charge in [-0.1, -0.05) is 0 Å². The summed E-state index contributed by atoms with van der Waals surface area (Å²) < 4.78 is 4.81. The van der Waals surface area contributed by atoms with Crippen molar-refractivity contribution in [1.82, 2.24) is 0 Å². The van der Waals surface area contributed by atoms with Gasteiger partial charge in [0, 0.05) is 5.75 Å². The van der Waals surface area contributed by atoms with Gasteiger partial charge in [-0.25, -0.2) is 0 Å². The van der Waals surface area contributed by atoms with Gasteiger partial charge in [0.25, 0.3) is 0 Å². The second kappa shape index (κ2) is 11.1. The molecule has 1 N–H and O–H groups in total. The maximum absolute atomic E-state index is 8.14. The van der Waals surface area contributed by atoms with Gasteiger partial charge in [0.2, 0.25) is 0 Å². The number of thiol groups is 1. The molecular weight excluding hydrogens is 135 g/mol. The third-order valence-corrected chi connectivity index (χ3v) is 0.654. The molecule has 8 heavy (non-hydrogen) atoms. The summed E-state index contributed by atoms with van der Waals surface area (Å²) in [5.41, 5.74) is 0. The van der Waals surface area contributed by atoms with Crippen LogP contribution in [0.25, 0.3) is 0 Å². The molecule has 0 heterocycles. The Kier molecular flexibility index (Phi) is 16.7. The van der Waals surface area contributed by atoms with E-state index in [-0.39, 0.29) is 36.2 Å². The molecule has 0 atom stereocenters. The van der Waals surface area contributed by atoms with Crippen LogP contribution in [0, 0.1) is 0 Å². The summed E-state index contributed by atoms with van der Waals surface area (Å²) in [6, 6.07) is 0. The Balaban J connectivity index is 0. The first-order chi connectivity index (χ1) is 3.41. The van der Waals surface area contributed by atoms with Gasteiger partial charge in [0.1, 0.15) is 0 Å².